The van der Waals surface area contributed by atoms with Gasteiger partial charge in [0.2, 0.25) is 5.91 Å². The van der Waals surface area contributed by atoms with Crippen molar-refractivity contribution in [1.29, 1.82) is 0 Å². The van der Waals surface area contributed by atoms with E-state index in [-0.39, 0.29) is 24.0 Å². The zero-order chi connectivity index (χ0) is 22.3. The molecule has 0 aliphatic carbocycles. The second-order valence-electron chi connectivity index (χ2n) is 6.91. The predicted molar refractivity (Wildman–Crippen MR) is 124 cm³/mol. The highest BCUT2D eigenvalue weighted by Gasteiger charge is 2.19. The molecule has 0 aliphatic rings. The number of rotatable bonds is 7. The van der Waals surface area contributed by atoms with E-state index in [2.05, 4.69) is 16.2 Å². The summed E-state index contributed by atoms with van der Waals surface area (Å²) in [5, 5.41) is 4.84. The van der Waals surface area contributed by atoms with Crippen LogP contribution in [0.25, 0.3) is 0 Å². The number of aromatic nitrogens is 1. The molecule has 2 heterocycles. The third-order valence-electron chi connectivity index (χ3n) is 4.66. The molecule has 6 nitrogen and oxygen atoms in total. The first-order chi connectivity index (χ1) is 15.6. The Morgan fingerprint density at radius 1 is 1.09 bits per heavy atom. The fourth-order valence-electron chi connectivity index (χ4n) is 3.12. The number of carbonyl (C=O) groups excluding carboxylic acids is 2. The Bertz CT molecular complexity index is 1260. The number of furan rings is 1. The summed E-state index contributed by atoms with van der Waals surface area (Å²) in [5.41, 5.74) is 2.98. The van der Waals surface area contributed by atoms with E-state index in [0.717, 1.165) is 11.3 Å². The summed E-state index contributed by atoms with van der Waals surface area (Å²) in [6, 6.07) is 20.3. The fraction of sp³-hybridized carbons (Fsp3) is 0.0800. The molecule has 0 fully saturated rings. The van der Waals surface area contributed by atoms with E-state index in [9.17, 15) is 9.59 Å². The van der Waals surface area contributed by atoms with Gasteiger partial charge in [-0.15, -0.1) is 17.8 Å². The van der Waals surface area contributed by atoms with Crippen LogP contribution in [0.4, 0.5) is 10.8 Å². The average Bonchev–Trinajstić information content (AvgIpc) is 3.51. The van der Waals surface area contributed by atoms with Crippen LogP contribution in [0, 0.1) is 12.3 Å². The van der Waals surface area contributed by atoms with Gasteiger partial charge in [-0.3, -0.25) is 14.9 Å². The molecule has 2 amide bonds. The monoisotopic (exact) mass is 441 g/mol. The quantitative estimate of drug-likeness (QED) is 0.420. The standard InChI is InChI=1S/C25H19N3O3S/c1-2-18-10-6-11-21(14-18)28(16-19-8-4-3-5-9-19)23(29)15-20-17-32-25(26-20)27-24(30)22-12-7-13-31-22/h1,3-14,17H,15-16H2,(H,26,27,30). The van der Waals surface area contributed by atoms with Crippen molar-refractivity contribution in [2.24, 2.45) is 0 Å². The Morgan fingerprint density at radius 2 is 1.94 bits per heavy atom. The molecule has 1 N–H and O–H groups in total. The van der Waals surface area contributed by atoms with Crippen LogP contribution in [0.3, 0.4) is 0 Å². The van der Waals surface area contributed by atoms with Crippen LogP contribution in [0.2, 0.25) is 0 Å². The van der Waals surface area contributed by atoms with Gasteiger partial charge in [0.25, 0.3) is 5.91 Å². The van der Waals surface area contributed by atoms with E-state index in [1.165, 1.54) is 17.6 Å². The Kier molecular flexibility index (Phi) is 6.44. The Labute approximate surface area is 189 Å². The molecule has 0 bridgehead atoms. The molecule has 0 saturated heterocycles. The zero-order valence-corrected chi connectivity index (χ0v) is 17.8. The van der Waals surface area contributed by atoms with Gasteiger partial charge < -0.3 is 9.32 Å². The number of carbonyl (C=O) groups is 2. The molecule has 158 valence electrons. The molecule has 4 rings (SSSR count). The maximum atomic E-state index is 13.3. The topological polar surface area (TPSA) is 75.4 Å². The lowest BCUT2D eigenvalue weighted by Crippen LogP contribution is -2.32. The van der Waals surface area contributed by atoms with Crippen molar-refractivity contribution in [3.63, 3.8) is 0 Å². The van der Waals surface area contributed by atoms with Gasteiger partial charge in [-0.05, 0) is 35.9 Å². The van der Waals surface area contributed by atoms with Crippen molar-refractivity contribution in [2.75, 3.05) is 10.2 Å². The molecule has 7 heteroatoms. The molecule has 0 unspecified atom stereocenters. The first-order valence-electron chi connectivity index (χ1n) is 9.82. The van der Waals surface area contributed by atoms with Crippen LogP contribution in [-0.4, -0.2) is 16.8 Å². The molecule has 0 radical (unpaired) electrons. The van der Waals surface area contributed by atoms with E-state index in [0.29, 0.717) is 22.9 Å². The van der Waals surface area contributed by atoms with Gasteiger partial charge >= 0.3 is 0 Å². The van der Waals surface area contributed by atoms with E-state index in [1.807, 2.05) is 54.6 Å². The molecule has 32 heavy (non-hydrogen) atoms. The smallest absolute Gasteiger partial charge is 0.293 e. The summed E-state index contributed by atoms with van der Waals surface area (Å²) in [7, 11) is 0. The van der Waals surface area contributed by atoms with Crippen molar-refractivity contribution >= 4 is 34.0 Å². The number of hydrogen-bond donors (Lipinski definition) is 1. The lowest BCUT2D eigenvalue weighted by atomic mass is 10.1. The highest BCUT2D eigenvalue weighted by atomic mass is 32.1. The Morgan fingerprint density at radius 3 is 2.69 bits per heavy atom. The molecular weight excluding hydrogens is 422 g/mol. The SMILES string of the molecule is C#Cc1cccc(N(Cc2ccccc2)C(=O)Cc2csc(NC(=O)c3ccco3)n2)c1. The van der Waals surface area contributed by atoms with Gasteiger partial charge in [-0.1, -0.05) is 42.3 Å². The summed E-state index contributed by atoms with van der Waals surface area (Å²) >= 11 is 1.25. The van der Waals surface area contributed by atoms with Crippen molar-refractivity contribution in [3.8, 4) is 12.3 Å². The predicted octanol–water partition coefficient (Wildman–Crippen LogP) is 4.75. The number of anilines is 2. The molecule has 0 atom stereocenters. The summed E-state index contributed by atoms with van der Waals surface area (Å²) < 4.78 is 5.08. The van der Waals surface area contributed by atoms with Crippen molar-refractivity contribution in [2.45, 2.75) is 13.0 Å². The molecule has 0 aliphatic heterocycles. The number of thiazole rings is 1. The maximum Gasteiger partial charge on any atom is 0.293 e. The third-order valence-corrected chi connectivity index (χ3v) is 5.47. The second-order valence-corrected chi connectivity index (χ2v) is 7.77. The summed E-state index contributed by atoms with van der Waals surface area (Å²) in [5.74, 6) is 2.29. The summed E-state index contributed by atoms with van der Waals surface area (Å²) in [6.07, 6.45) is 7.06. The zero-order valence-electron chi connectivity index (χ0n) is 17.0. The number of benzene rings is 2. The summed E-state index contributed by atoms with van der Waals surface area (Å²) in [6.45, 7) is 0.403. The summed E-state index contributed by atoms with van der Waals surface area (Å²) in [4.78, 5) is 31.5. The molecule has 4 aromatic rings. The second kappa shape index (κ2) is 9.77. The number of amides is 2. The Hall–Kier alpha value is -4.15. The Balaban J connectivity index is 1.51. The van der Waals surface area contributed by atoms with Gasteiger partial charge in [0.05, 0.1) is 24.9 Å². The molecule has 2 aromatic carbocycles. The van der Waals surface area contributed by atoms with Gasteiger partial charge in [0.1, 0.15) is 0 Å². The largest absolute Gasteiger partial charge is 0.459 e. The van der Waals surface area contributed by atoms with Crippen LogP contribution in [0.1, 0.15) is 27.4 Å². The minimum atomic E-state index is -0.390. The van der Waals surface area contributed by atoms with E-state index in [1.54, 1.807) is 22.4 Å². The highest BCUT2D eigenvalue weighted by molar-refractivity contribution is 7.14. The number of nitrogens with zero attached hydrogens (tertiary/aromatic N) is 2. The lowest BCUT2D eigenvalue weighted by molar-refractivity contribution is -0.118. The maximum absolute atomic E-state index is 13.3. The average molecular weight is 442 g/mol. The van der Waals surface area contributed by atoms with E-state index in [4.69, 9.17) is 10.8 Å². The first kappa shape index (κ1) is 21.1. The molecule has 0 spiro atoms. The van der Waals surface area contributed by atoms with Crippen LogP contribution in [0.5, 0.6) is 0 Å². The first-order valence-corrected chi connectivity index (χ1v) is 10.7. The van der Waals surface area contributed by atoms with Crippen LogP contribution in [-0.2, 0) is 17.8 Å². The van der Waals surface area contributed by atoms with Gasteiger partial charge in [-0.25, -0.2) is 4.98 Å². The lowest BCUT2D eigenvalue weighted by Gasteiger charge is -2.23. The molecular formula is C25H19N3O3S. The van der Waals surface area contributed by atoms with E-state index >= 15 is 0 Å². The molecule has 0 saturated carbocycles. The van der Waals surface area contributed by atoms with Crippen LogP contribution in [0.15, 0.2) is 82.8 Å². The van der Waals surface area contributed by atoms with Crippen molar-refractivity contribution < 1.29 is 14.0 Å². The van der Waals surface area contributed by atoms with Crippen LogP contribution < -0.4 is 10.2 Å². The molecule has 2 aromatic heterocycles. The van der Waals surface area contributed by atoms with Crippen molar-refractivity contribution in [3.05, 3.63) is 101 Å². The van der Waals surface area contributed by atoms with Gasteiger partial charge in [0.15, 0.2) is 10.9 Å². The third kappa shape index (κ3) is 5.12. The van der Waals surface area contributed by atoms with Gasteiger partial charge in [0, 0.05) is 16.6 Å². The number of hydrogen-bond acceptors (Lipinski definition) is 5. The fourth-order valence-corrected chi connectivity index (χ4v) is 3.82. The highest BCUT2D eigenvalue weighted by Crippen LogP contribution is 2.22. The van der Waals surface area contributed by atoms with Gasteiger partial charge in [-0.2, -0.15) is 0 Å². The number of nitrogens with one attached hydrogen (secondary N) is 1. The van der Waals surface area contributed by atoms with Crippen molar-refractivity contribution in [1.82, 2.24) is 4.98 Å². The minimum Gasteiger partial charge on any atom is -0.459 e. The number of terminal acetylenes is 1. The van der Waals surface area contributed by atoms with Crippen LogP contribution >= 0.6 is 11.3 Å². The van der Waals surface area contributed by atoms with E-state index < -0.39 is 0 Å². The minimum absolute atomic E-state index is 0.0836. The normalized spacial score (nSPS) is 10.3.